The van der Waals surface area contributed by atoms with Crippen molar-refractivity contribution in [2.45, 2.75) is 25.8 Å². The number of hydrogen-bond acceptors (Lipinski definition) is 3. The third kappa shape index (κ3) is 2.56. The molecule has 102 valence electrons. The van der Waals surface area contributed by atoms with E-state index in [2.05, 4.69) is 5.32 Å². The predicted octanol–water partition coefficient (Wildman–Crippen LogP) is 1.77. The maximum atomic E-state index is 12.2. The summed E-state index contributed by atoms with van der Waals surface area (Å²) in [5, 5.41) is 2.91. The molecule has 0 unspecified atom stereocenters. The molecule has 0 spiro atoms. The van der Waals surface area contributed by atoms with Gasteiger partial charge in [-0.15, -0.1) is 0 Å². The summed E-state index contributed by atoms with van der Waals surface area (Å²) in [6.07, 6.45) is 2.50. The first-order chi connectivity index (χ1) is 9.10. The molecule has 1 aliphatic carbocycles. The first-order valence-electron chi connectivity index (χ1n) is 6.30. The Bertz CT molecular complexity index is 498. The van der Waals surface area contributed by atoms with Crippen molar-refractivity contribution in [3.05, 3.63) is 29.8 Å². The van der Waals surface area contributed by atoms with Crippen LogP contribution in [-0.2, 0) is 11.3 Å². The summed E-state index contributed by atoms with van der Waals surface area (Å²) >= 11 is 5.03. The van der Waals surface area contributed by atoms with Gasteiger partial charge in [-0.05, 0) is 18.9 Å². The smallest absolute Gasteiger partial charge is 0.233 e. The third-order valence-corrected chi connectivity index (χ3v) is 4.14. The third-order valence-electron chi connectivity index (χ3n) is 3.75. The standard InChI is InChI=1S/C14H18N2O2S/c1-18-11-6-3-2-5-10(11)9-16-13(17)14(12(15)19)7-4-8-14/h2-3,5-6H,4,7-9H2,1H3,(H2,15,19)(H,16,17). The van der Waals surface area contributed by atoms with Gasteiger partial charge in [0.15, 0.2) is 0 Å². The molecule has 0 heterocycles. The minimum absolute atomic E-state index is 0.0721. The SMILES string of the molecule is COc1ccccc1CNC(=O)C1(C(N)=S)CCC1. The van der Waals surface area contributed by atoms with Crippen LogP contribution in [0.4, 0.5) is 0 Å². The number of thiocarbonyl (C=S) groups is 1. The number of para-hydroxylation sites is 1. The van der Waals surface area contributed by atoms with Gasteiger partial charge in [0.05, 0.1) is 17.5 Å². The van der Waals surface area contributed by atoms with Crippen LogP contribution >= 0.6 is 12.2 Å². The van der Waals surface area contributed by atoms with Gasteiger partial charge in [-0.1, -0.05) is 36.8 Å². The van der Waals surface area contributed by atoms with Gasteiger partial charge in [-0.25, -0.2) is 0 Å². The lowest BCUT2D eigenvalue weighted by Crippen LogP contribution is -2.52. The number of amides is 1. The number of rotatable bonds is 5. The number of nitrogens with two attached hydrogens (primary N) is 1. The Kier molecular flexibility index (Phi) is 4.04. The molecule has 3 N–H and O–H groups in total. The van der Waals surface area contributed by atoms with E-state index >= 15 is 0 Å². The predicted molar refractivity (Wildman–Crippen MR) is 77.9 cm³/mol. The molecule has 0 aliphatic heterocycles. The van der Waals surface area contributed by atoms with Crippen LogP contribution in [0.2, 0.25) is 0 Å². The number of hydrogen-bond donors (Lipinski definition) is 2. The number of benzene rings is 1. The quantitative estimate of drug-likeness (QED) is 0.806. The average molecular weight is 278 g/mol. The molecule has 1 fully saturated rings. The van der Waals surface area contributed by atoms with E-state index in [-0.39, 0.29) is 5.91 Å². The van der Waals surface area contributed by atoms with E-state index in [4.69, 9.17) is 22.7 Å². The molecule has 1 amide bonds. The highest BCUT2D eigenvalue weighted by molar-refractivity contribution is 7.80. The molecule has 4 nitrogen and oxygen atoms in total. The molecule has 1 aliphatic rings. The van der Waals surface area contributed by atoms with Crippen LogP contribution in [0.3, 0.4) is 0 Å². The van der Waals surface area contributed by atoms with Gasteiger partial charge in [-0.2, -0.15) is 0 Å². The second kappa shape index (κ2) is 5.57. The highest BCUT2D eigenvalue weighted by atomic mass is 32.1. The van der Waals surface area contributed by atoms with Crippen molar-refractivity contribution in [2.24, 2.45) is 11.1 Å². The van der Waals surface area contributed by atoms with Crippen molar-refractivity contribution in [2.75, 3.05) is 7.11 Å². The highest BCUT2D eigenvalue weighted by Crippen LogP contribution is 2.41. The lowest BCUT2D eigenvalue weighted by atomic mass is 9.68. The van der Waals surface area contributed by atoms with E-state index in [1.807, 2.05) is 24.3 Å². The summed E-state index contributed by atoms with van der Waals surface area (Å²) in [7, 11) is 1.61. The van der Waals surface area contributed by atoms with Crippen molar-refractivity contribution in [1.29, 1.82) is 0 Å². The Morgan fingerprint density at radius 2 is 2.16 bits per heavy atom. The summed E-state index contributed by atoms with van der Waals surface area (Å²) in [5.41, 5.74) is 6.02. The molecular formula is C14H18N2O2S. The lowest BCUT2D eigenvalue weighted by molar-refractivity contribution is -0.131. The number of nitrogens with one attached hydrogen (secondary N) is 1. The topological polar surface area (TPSA) is 64.3 Å². The molecule has 2 rings (SSSR count). The van der Waals surface area contributed by atoms with E-state index in [1.54, 1.807) is 7.11 Å². The van der Waals surface area contributed by atoms with Crippen molar-refractivity contribution in [1.82, 2.24) is 5.32 Å². The molecule has 0 aromatic heterocycles. The first-order valence-corrected chi connectivity index (χ1v) is 6.71. The fourth-order valence-electron chi connectivity index (χ4n) is 2.31. The van der Waals surface area contributed by atoms with Crippen LogP contribution in [0, 0.1) is 5.41 Å². The molecule has 0 saturated heterocycles. The van der Waals surface area contributed by atoms with E-state index in [1.165, 1.54) is 0 Å². The van der Waals surface area contributed by atoms with Crippen molar-refractivity contribution >= 4 is 23.1 Å². The van der Waals surface area contributed by atoms with Gasteiger partial charge >= 0.3 is 0 Å². The van der Waals surface area contributed by atoms with Crippen LogP contribution in [-0.4, -0.2) is 18.0 Å². The number of carbonyl (C=O) groups is 1. The van der Waals surface area contributed by atoms with Crippen molar-refractivity contribution in [3.63, 3.8) is 0 Å². The number of methoxy groups -OCH3 is 1. The van der Waals surface area contributed by atoms with E-state index in [0.717, 1.165) is 30.6 Å². The lowest BCUT2D eigenvalue weighted by Gasteiger charge is -2.39. The summed E-state index contributed by atoms with van der Waals surface area (Å²) in [6, 6.07) is 7.60. The van der Waals surface area contributed by atoms with Gasteiger partial charge in [-0.3, -0.25) is 4.79 Å². The van der Waals surface area contributed by atoms with Gasteiger partial charge < -0.3 is 15.8 Å². The molecule has 0 bridgehead atoms. The summed E-state index contributed by atoms with van der Waals surface area (Å²) in [4.78, 5) is 12.5. The summed E-state index contributed by atoms with van der Waals surface area (Å²) in [5.74, 6) is 0.693. The van der Waals surface area contributed by atoms with Crippen LogP contribution in [0.1, 0.15) is 24.8 Å². The van der Waals surface area contributed by atoms with Gasteiger partial charge in [0, 0.05) is 12.1 Å². The van der Waals surface area contributed by atoms with E-state index < -0.39 is 5.41 Å². The van der Waals surface area contributed by atoms with Gasteiger partial charge in [0.1, 0.15) is 5.75 Å². The van der Waals surface area contributed by atoms with Crippen LogP contribution in [0.15, 0.2) is 24.3 Å². The molecule has 1 aromatic rings. The van der Waals surface area contributed by atoms with Crippen molar-refractivity contribution < 1.29 is 9.53 Å². The molecule has 0 atom stereocenters. The van der Waals surface area contributed by atoms with Crippen LogP contribution in [0.5, 0.6) is 5.75 Å². The normalized spacial score (nSPS) is 16.3. The Hall–Kier alpha value is -1.62. The first kappa shape index (κ1) is 13.8. The minimum Gasteiger partial charge on any atom is -0.496 e. The number of ether oxygens (including phenoxy) is 1. The Morgan fingerprint density at radius 3 is 2.68 bits per heavy atom. The largest absolute Gasteiger partial charge is 0.496 e. The van der Waals surface area contributed by atoms with Gasteiger partial charge in [0.25, 0.3) is 0 Å². The maximum Gasteiger partial charge on any atom is 0.233 e. The zero-order valence-electron chi connectivity index (χ0n) is 10.9. The maximum absolute atomic E-state index is 12.2. The zero-order chi connectivity index (χ0) is 13.9. The van der Waals surface area contributed by atoms with Crippen LogP contribution in [0.25, 0.3) is 0 Å². The molecule has 19 heavy (non-hydrogen) atoms. The number of carbonyl (C=O) groups excluding carboxylic acids is 1. The zero-order valence-corrected chi connectivity index (χ0v) is 11.8. The fourth-order valence-corrected chi connectivity index (χ4v) is 2.61. The summed E-state index contributed by atoms with van der Waals surface area (Å²) < 4.78 is 5.25. The average Bonchev–Trinajstić information content (AvgIpc) is 2.34. The highest BCUT2D eigenvalue weighted by Gasteiger charge is 2.46. The van der Waals surface area contributed by atoms with E-state index in [0.29, 0.717) is 11.5 Å². The molecule has 1 aromatic carbocycles. The van der Waals surface area contributed by atoms with Crippen molar-refractivity contribution in [3.8, 4) is 5.75 Å². The molecule has 0 radical (unpaired) electrons. The Labute approximate surface area is 118 Å². The second-order valence-corrected chi connectivity index (χ2v) is 5.23. The monoisotopic (exact) mass is 278 g/mol. The Morgan fingerprint density at radius 1 is 1.47 bits per heavy atom. The fraction of sp³-hybridized carbons (Fsp3) is 0.429. The molecule has 5 heteroatoms. The molecular weight excluding hydrogens is 260 g/mol. The van der Waals surface area contributed by atoms with E-state index in [9.17, 15) is 4.79 Å². The summed E-state index contributed by atoms with van der Waals surface area (Å²) in [6.45, 7) is 0.424. The Balaban J connectivity index is 2.02. The minimum atomic E-state index is -0.628. The second-order valence-electron chi connectivity index (χ2n) is 4.79. The molecule has 1 saturated carbocycles. The van der Waals surface area contributed by atoms with Gasteiger partial charge in [0.2, 0.25) is 5.91 Å². The van der Waals surface area contributed by atoms with Crippen LogP contribution < -0.4 is 15.8 Å².